The van der Waals surface area contributed by atoms with E-state index in [1.807, 2.05) is 0 Å². The van der Waals surface area contributed by atoms with E-state index < -0.39 is 81.6 Å². The van der Waals surface area contributed by atoms with Crippen molar-refractivity contribution in [2.75, 3.05) is 24.7 Å². The number of rotatable bonds is 8. The zero-order chi connectivity index (χ0) is 29.9. The standard InChI is InChI=1S/C21H26N9O11P/c22-17-6-1-24-10(9(6)25-4-26-17)15-14(34)12(32)8(39-15)3-38-42(36,37)41-16-13(33)7(2-31)40-20(16)30-5-27-11-18(30)28-21(23)29-19(11)35/h1,4-5,7-8,10,12-16,20,31-34H,2-3H2,(H,36,37)(H2,22,25,26)(H3,23,28,29,35)/t7-,8-,10?,12-,13-,14-,15+,16-,20-/m1/s1. The van der Waals surface area contributed by atoms with Gasteiger partial charge in [-0.05, 0) is 0 Å². The van der Waals surface area contributed by atoms with Gasteiger partial charge in [-0.25, -0.2) is 19.5 Å². The number of imidazole rings is 1. The Labute approximate surface area is 234 Å². The normalized spacial score (nSPS) is 33.8. The molecule has 2 fully saturated rings. The summed E-state index contributed by atoms with van der Waals surface area (Å²) in [5, 5.41) is 41.6. The highest BCUT2D eigenvalue weighted by Gasteiger charge is 2.51. The predicted octanol–water partition coefficient (Wildman–Crippen LogP) is -3.51. The van der Waals surface area contributed by atoms with Gasteiger partial charge < -0.3 is 46.3 Å². The molecular formula is C21H26N9O11P. The second-order valence-electron chi connectivity index (χ2n) is 9.75. The molecule has 6 heterocycles. The van der Waals surface area contributed by atoms with E-state index in [4.69, 9.17) is 30.0 Å². The van der Waals surface area contributed by atoms with Gasteiger partial charge in [-0.1, -0.05) is 0 Å². The first kappa shape index (κ1) is 28.7. The number of H-pyrrole nitrogens is 1. The summed E-state index contributed by atoms with van der Waals surface area (Å²) >= 11 is 0. The fourth-order valence-electron chi connectivity index (χ4n) is 5.12. The van der Waals surface area contributed by atoms with Crippen molar-refractivity contribution < 1.29 is 48.4 Å². The van der Waals surface area contributed by atoms with E-state index in [2.05, 4.69) is 29.9 Å². The van der Waals surface area contributed by atoms with Gasteiger partial charge >= 0.3 is 7.82 Å². The van der Waals surface area contributed by atoms with Crippen LogP contribution in [0, 0.1) is 0 Å². The molecule has 21 heteroatoms. The zero-order valence-electron chi connectivity index (χ0n) is 21.3. The Bertz CT molecular complexity index is 1630. The summed E-state index contributed by atoms with van der Waals surface area (Å²) in [6.45, 7) is -1.42. The zero-order valence-corrected chi connectivity index (χ0v) is 22.2. The van der Waals surface area contributed by atoms with E-state index >= 15 is 0 Å². The molecule has 10 N–H and O–H groups in total. The number of aromatic nitrogens is 6. The molecule has 42 heavy (non-hydrogen) atoms. The lowest BCUT2D eigenvalue weighted by Crippen LogP contribution is -2.36. The Morgan fingerprint density at radius 1 is 1.10 bits per heavy atom. The molecule has 3 aromatic rings. The van der Waals surface area contributed by atoms with Crippen LogP contribution in [-0.2, 0) is 23.1 Å². The number of aliphatic imine (C=N–C) groups is 1. The third kappa shape index (κ3) is 4.86. The number of nitrogen functional groups attached to an aromatic ring is 2. The number of nitrogens with two attached hydrogens (primary N) is 2. The quantitative estimate of drug-likeness (QED) is 0.114. The van der Waals surface area contributed by atoms with E-state index in [1.54, 1.807) is 0 Å². The Kier molecular flexibility index (Phi) is 7.30. The predicted molar refractivity (Wildman–Crippen MR) is 138 cm³/mol. The first-order chi connectivity index (χ1) is 20.0. The number of phosphoric acid groups is 1. The molecule has 226 valence electrons. The Morgan fingerprint density at radius 3 is 2.64 bits per heavy atom. The summed E-state index contributed by atoms with van der Waals surface area (Å²) in [5.41, 5.74) is 11.4. The van der Waals surface area contributed by atoms with Crippen LogP contribution in [0.5, 0.6) is 0 Å². The minimum atomic E-state index is -5.05. The number of ether oxygens (including phenoxy) is 2. The number of nitrogens with zero attached hydrogens (tertiary/aromatic N) is 6. The minimum Gasteiger partial charge on any atom is -0.394 e. The van der Waals surface area contributed by atoms with Crippen LogP contribution in [0.4, 0.5) is 11.8 Å². The van der Waals surface area contributed by atoms with Crippen molar-refractivity contribution in [3.63, 3.8) is 0 Å². The van der Waals surface area contributed by atoms with Crippen LogP contribution in [0.2, 0.25) is 0 Å². The molecule has 0 saturated carbocycles. The maximum atomic E-state index is 13.0. The Morgan fingerprint density at radius 2 is 1.88 bits per heavy atom. The first-order valence-corrected chi connectivity index (χ1v) is 14.0. The van der Waals surface area contributed by atoms with Crippen molar-refractivity contribution in [2.45, 2.75) is 55.0 Å². The average molecular weight is 611 g/mol. The van der Waals surface area contributed by atoms with E-state index in [0.717, 1.165) is 10.9 Å². The summed E-state index contributed by atoms with van der Waals surface area (Å²) in [5.74, 6) is -0.0782. The number of aliphatic hydroxyl groups is 4. The van der Waals surface area contributed by atoms with Crippen LogP contribution in [-0.4, -0.2) is 117 Å². The second-order valence-corrected chi connectivity index (χ2v) is 11.2. The average Bonchev–Trinajstić information content (AvgIpc) is 3.69. The molecule has 2 unspecified atom stereocenters. The lowest BCUT2D eigenvalue weighted by molar-refractivity contribution is -0.0557. The number of phosphoric ester groups is 1. The second kappa shape index (κ2) is 10.7. The molecule has 0 amide bonds. The van der Waals surface area contributed by atoms with Crippen molar-refractivity contribution in [3.8, 4) is 0 Å². The van der Waals surface area contributed by atoms with Gasteiger partial charge in [-0.2, -0.15) is 4.98 Å². The van der Waals surface area contributed by atoms with Gasteiger partial charge in [0.25, 0.3) is 5.56 Å². The van der Waals surface area contributed by atoms with Crippen LogP contribution < -0.4 is 17.0 Å². The molecule has 10 atom stereocenters. The number of anilines is 2. The molecule has 2 saturated heterocycles. The lowest BCUT2D eigenvalue weighted by atomic mass is 10.00. The van der Waals surface area contributed by atoms with Crippen molar-refractivity contribution in [2.24, 2.45) is 4.99 Å². The van der Waals surface area contributed by atoms with Gasteiger partial charge in [-0.15, -0.1) is 0 Å². The minimum absolute atomic E-state index is 0.0833. The van der Waals surface area contributed by atoms with E-state index in [-0.39, 0.29) is 22.9 Å². The lowest BCUT2D eigenvalue weighted by Gasteiger charge is -2.25. The first-order valence-electron chi connectivity index (χ1n) is 12.5. The SMILES string of the molecule is Nc1nc2c(ncn2[C@@H]2O[C@H](CO)[C@@H](O)[C@H]2OP(=O)(O)OC[C@H]2O[C@@H](C3N=Cc4c(N)ncnc43)[C@H](O)[C@@H]2O)c(=O)[nH]1. The Balaban J connectivity index is 1.17. The topological polar surface area (TPSA) is 309 Å². The van der Waals surface area contributed by atoms with Crippen molar-refractivity contribution in [1.82, 2.24) is 29.5 Å². The van der Waals surface area contributed by atoms with Crippen LogP contribution in [0.3, 0.4) is 0 Å². The number of nitrogens with one attached hydrogen (secondary N) is 1. The van der Waals surface area contributed by atoms with E-state index in [0.29, 0.717) is 11.3 Å². The summed E-state index contributed by atoms with van der Waals surface area (Å²) < 4.78 is 35.8. The van der Waals surface area contributed by atoms with Crippen molar-refractivity contribution >= 4 is 37.0 Å². The molecule has 0 bridgehead atoms. The summed E-state index contributed by atoms with van der Waals surface area (Å²) in [6, 6.07) is -0.834. The highest BCUT2D eigenvalue weighted by atomic mass is 31.2. The monoisotopic (exact) mass is 611 g/mol. The van der Waals surface area contributed by atoms with Gasteiger partial charge in [0.15, 0.2) is 17.4 Å². The molecule has 0 spiro atoms. The molecule has 20 nitrogen and oxygen atoms in total. The maximum absolute atomic E-state index is 13.0. The van der Waals surface area contributed by atoms with Crippen molar-refractivity contribution in [1.29, 1.82) is 0 Å². The van der Waals surface area contributed by atoms with E-state index in [1.165, 1.54) is 12.5 Å². The highest BCUT2D eigenvalue weighted by molar-refractivity contribution is 7.47. The number of hydrogen-bond acceptors (Lipinski definition) is 17. The maximum Gasteiger partial charge on any atom is 0.472 e. The van der Waals surface area contributed by atoms with Crippen molar-refractivity contribution in [3.05, 3.63) is 34.3 Å². The number of hydrogen-bond donors (Lipinski definition) is 8. The molecule has 6 rings (SSSR count). The number of aromatic amines is 1. The van der Waals surface area contributed by atoms with Crippen LogP contribution in [0.1, 0.15) is 23.5 Å². The summed E-state index contributed by atoms with van der Waals surface area (Å²) in [6.07, 6.45) is -7.61. The van der Waals surface area contributed by atoms with Gasteiger partial charge in [0.1, 0.15) is 60.9 Å². The largest absolute Gasteiger partial charge is 0.472 e. The van der Waals surface area contributed by atoms with E-state index in [9.17, 15) is 34.7 Å². The highest BCUT2D eigenvalue weighted by Crippen LogP contribution is 2.50. The molecule has 0 aliphatic carbocycles. The third-order valence-corrected chi connectivity index (χ3v) is 8.16. The van der Waals surface area contributed by atoms with Crippen LogP contribution >= 0.6 is 7.82 Å². The molecule has 3 aliphatic rings. The van der Waals surface area contributed by atoms with Crippen LogP contribution in [0.15, 0.2) is 22.4 Å². The number of aliphatic hydroxyl groups excluding tert-OH is 4. The van der Waals surface area contributed by atoms with Gasteiger partial charge in [0, 0.05) is 6.21 Å². The molecule has 0 radical (unpaired) electrons. The fourth-order valence-corrected chi connectivity index (χ4v) is 6.05. The summed E-state index contributed by atoms with van der Waals surface area (Å²) in [4.78, 5) is 45.2. The summed E-state index contributed by atoms with van der Waals surface area (Å²) in [7, 11) is -5.05. The number of fused-ring (bicyclic) bond motifs is 2. The van der Waals surface area contributed by atoms with Gasteiger partial charge in [-0.3, -0.25) is 28.4 Å². The molecule has 0 aromatic carbocycles. The smallest absolute Gasteiger partial charge is 0.394 e. The van der Waals surface area contributed by atoms with Crippen LogP contribution in [0.25, 0.3) is 11.2 Å². The van der Waals surface area contributed by atoms with Gasteiger partial charge in [0.2, 0.25) is 5.95 Å². The molecular weight excluding hydrogens is 585 g/mol. The molecule has 3 aromatic heterocycles. The third-order valence-electron chi connectivity index (χ3n) is 7.17. The Hall–Kier alpha value is -3.43. The molecule has 3 aliphatic heterocycles. The van der Waals surface area contributed by atoms with Gasteiger partial charge in [0.05, 0.1) is 30.8 Å². The fraction of sp³-hybridized carbons (Fsp3) is 0.524.